The van der Waals surface area contributed by atoms with Gasteiger partial charge in [-0.25, -0.2) is 0 Å². The quantitative estimate of drug-likeness (QED) is 0.743. The van der Waals surface area contributed by atoms with E-state index in [2.05, 4.69) is 39.6 Å². The van der Waals surface area contributed by atoms with Gasteiger partial charge in [-0.1, -0.05) is 6.92 Å². The van der Waals surface area contributed by atoms with Crippen LogP contribution in [0.5, 0.6) is 0 Å². The van der Waals surface area contributed by atoms with Gasteiger partial charge >= 0.3 is 0 Å². The predicted molar refractivity (Wildman–Crippen MR) is 74.3 cm³/mol. The summed E-state index contributed by atoms with van der Waals surface area (Å²) in [5, 5.41) is 5.64. The molecule has 1 unspecified atom stereocenters. The largest absolute Gasteiger partial charge is 0.382 e. The average molecular weight is 306 g/mol. The topological polar surface area (TPSA) is 21.3 Å². The van der Waals surface area contributed by atoms with Crippen molar-refractivity contribution in [2.75, 3.05) is 19.8 Å². The first-order chi connectivity index (χ1) is 7.77. The van der Waals surface area contributed by atoms with E-state index in [0.717, 1.165) is 32.6 Å². The number of likely N-dealkylation sites (N-methyl/N-ethyl adjacent to an activating group) is 1. The van der Waals surface area contributed by atoms with Crippen molar-refractivity contribution in [2.24, 2.45) is 0 Å². The van der Waals surface area contributed by atoms with E-state index >= 15 is 0 Å². The van der Waals surface area contributed by atoms with E-state index in [-0.39, 0.29) is 0 Å². The summed E-state index contributed by atoms with van der Waals surface area (Å²) >= 11 is 5.39. The van der Waals surface area contributed by atoms with E-state index in [1.807, 2.05) is 18.3 Å². The van der Waals surface area contributed by atoms with Gasteiger partial charge in [0, 0.05) is 28.6 Å². The lowest BCUT2D eigenvalue weighted by molar-refractivity contribution is 0.136. The number of hydrogen-bond donors (Lipinski definition) is 1. The summed E-state index contributed by atoms with van der Waals surface area (Å²) in [7, 11) is 0. The van der Waals surface area contributed by atoms with Crippen molar-refractivity contribution in [3.8, 4) is 0 Å². The molecule has 1 aromatic heterocycles. The molecule has 0 spiro atoms. The van der Waals surface area contributed by atoms with Crippen molar-refractivity contribution < 1.29 is 4.74 Å². The maximum atomic E-state index is 5.41. The first kappa shape index (κ1) is 14.2. The van der Waals surface area contributed by atoms with Gasteiger partial charge in [-0.2, -0.15) is 0 Å². The molecule has 4 heteroatoms. The Morgan fingerprint density at radius 3 is 2.88 bits per heavy atom. The molecule has 1 heterocycles. The third-order valence-corrected chi connectivity index (χ3v) is 4.38. The summed E-state index contributed by atoms with van der Waals surface area (Å²) in [6, 6.07) is 2.64. The molecule has 0 fully saturated rings. The van der Waals surface area contributed by atoms with Crippen LogP contribution in [0.15, 0.2) is 15.9 Å². The minimum absolute atomic E-state index is 0.520. The molecule has 0 amide bonds. The van der Waals surface area contributed by atoms with E-state index in [9.17, 15) is 0 Å². The average Bonchev–Trinajstić information content (AvgIpc) is 2.65. The fourth-order valence-corrected chi connectivity index (χ4v) is 3.23. The molecule has 0 bridgehead atoms. The van der Waals surface area contributed by atoms with Crippen molar-refractivity contribution in [2.45, 2.75) is 32.7 Å². The van der Waals surface area contributed by atoms with Crippen LogP contribution in [0.25, 0.3) is 0 Å². The van der Waals surface area contributed by atoms with E-state index in [4.69, 9.17) is 4.74 Å². The molecule has 2 nitrogen and oxygen atoms in total. The van der Waals surface area contributed by atoms with Gasteiger partial charge < -0.3 is 10.1 Å². The van der Waals surface area contributed by atoms with Crippen molar-refractivity contribution in [3.63, 3.8) is 0 Å². The third kappa shape index (κ3) is 4.95. The fourth-order valence-electron chi connectivity index (χ4n) is 1.63. The van der Waals surface area contributed by atoms with Crippen molar-refractivity contribution >= 4 is 27.3 Å². The number of halogens is 1. The first-order valence-electron chi connectivity index (χ1n) is 5.80. The van der Waals surface area contributed by atoms with Crippen molar-refractivity contribution in [3.05, 3.63) is 20.8 Å². The summed E-state index contributed by atoms with van der Waals surface area (Å²) in [6.45, 7) is 6.85. The zero-order chi connectivity index (χ0) is 11.8. The summed E-state index contributed by atoms with van der Waals surface area (Å²) in [4.78, 5) is 1.42. The highest BCUT2D eigenvalue weighted by molar-refractivity contribution is 9.10. The minimum Gasteiger partial charge on any atom is -0.382 e. The lowest BCUT2D eigenvalue weighted by Gasteiger charge is -2.17. The zero-order valence-electron chi connectivity index (χ0n) is 9.96. The SMILES string of the molecule is CCNC(CCOCC)Cc1sccc1Br. The second kappa shape index (κ2) is 8.23. The van der Waals surface area contributed by atoms with Gasteiger partial charge in [0.2, 0.25) is 0 Å². The molecule has 0 radical (unpaired) electrons. The standard InChI is InChI=1S/C12H20BrNOS/c1-3-14-10(5-7-15-4-2)9-12-11(13)6-8-16-12/h6,8,10,14H,3-5,7,9H2,1-2H3. The molecule has 1 N–H and O–H groups in total. The Morgan fingerprint density at radius 1 is 1.50 bits per heavy atom. The minimum atomic E-state index is 0.520. The number of thiophene rings is 1. The van der Waals surface area contributed by atoms with Gasteiger partial charge in [-0.05, 0) is 53.7 Å². The highest BCUT2D eigenvalue weighted by Gasteiger charge is 2.11. The number of ether oxygens (including phenoxy) is 1. The molecule has 0 aliphatic heterocycles. The molecule has 1 atom stereocenters. The van der Waals surface area contributed by atoms with Gasteiger partial charge in [0.1, 0.15) is 0 Å². The van der Waals surface area contributed by atoms with Crippen LogP contribution in [0.2, 0.25) is 0 Å². The first-order valence-corrected chi connectivity index (χ1v) is 7.48. The predicted octanol–water partition coefficient (Wildman–Crippen LogP) is 3.46. The fraction of sp³-hybridized carbons (Fsp3) is 0.667. The Balaban J connectivity index is 2.41. The molecule has 92 valence electrons. The molecule has 0 saturated carbocycles. The lowest BCUT2D eigenvalue weighted by Crippen LogP contribution is -2.32. The van der Waals surface area contributed by atoms with E-state index < -0.39 is 0 Å². The van der Waals surface area contributed by atoms with Gasteiger partial charge in [0.15, 0.2) is 0 Å². The zero-order valence-corrected chi connectivity index (χ0v) is 12.4. The second-order valence-electron chi connectivity index (χ2n) is 3.64. The highest BCUT2D eigenvalue weighted by atomic mass is 79.9. The Morgan fingerprint density at radius 2 is 2.31 bits per heavy atom. The summed E-state index contributed by atoms with van der Waals surface area (Å²) in [6.07, 6.45) is 2.16. The van der Waals surface area contributed by atoms with Crippen LogP contribution in [0.1, 0.15) is 25.1 Å². The molecular weight excluding hydrogens is 286 g/mol. The lowest BCUT2D eigenvalue weighted by atomic mass is 10.1. The highest BCUT2D eigenvalue weighted by Crippen LogP contribution is 2.24. The normalized spacial score (nSPS) is 12.9. The van der Waals surface area contributed by atoms with E-state index in [1.54, 1.807) is 0 Å². The smallest absolute Gasteiger partial charge is 0.0480 e. The molecule has 1 aromatic rings. The van der Waals surface area contributed by atoms with Crippen LogP contribution in [0, 0.1) is 0 Å². The molecule has 1 rings (SSSR count). The van der Waals surface area contributed by atoms with Gasteiger partial charge in [0.25, 0.3) is 0 Å². The van der Waals surface area contributed by atoms with Crippen LogP contribution in [0.4, 0.5) is 0 Å². The van der Waals surface area contributed by atoms with Crippen LogP contribution in [-0.4, -0.2) is 25.8 Å². The van der Waals surface area contributed by atoms with Crippen LogP contribution < -0.4 is 5.32 Å². The van der Waals surface area contributed by atoms with Crippen LogP contribution in [-0.2, 0) is 11.2 Å². The van der Waals surface area contributed by atoms with Crippen molar-refractivity contribution in [1.82, 2.24) is 5.32 Å². The van der Waals surface area contributed by atoms with Crippen LogP contribution >= 0.6 is 27.3 Å². The van der Waals surface area contributed by atoms with Gasteiger partial charge in [0.05, 0.1) is 0 Å². The van der Waals surface area contributed by atoms with E-state index in [0.29, 0.717) is 6.04 Å². The number of hydrogen-bond acceptors (Lipinski definition) is 3. The Bertz CT molecular complexity index is 290. The third-order valence-electron chi connectivity index (χ3n) is 2.43. The second-order valence-corrected chi connectivity index (χ2v) is 5.49. The van der Waals surface area contributed by atoms with E-state index in [1.165, 1.54) is 9.35 Å². The molecule has 16 heavy (non-hydrogen) atoms. The summed E-state index contributed by atoms with van der Waals surface area (Å²) < 4.78 is 6.64. The number of nitrogens with one attached hydrogen (secondary N) is 1. The summed E-state index contributed by atoms with van der Waals surface area (Å²) in [5.41, 5.74) is 0. The monoisotopic (exact) mass is 305 g/mol. The Labute approximate surface area is 111 Å². The van der Waals surface area contributed by atoms with Gasteiger partial charge in [-0.3, -0.25) is 0 Å². The molecule has 0 aliphatic rings. The Hall–Kier alpha value is 0.100. The maximum absolute atomic E-state index is 5.41. The van der Waals surface area contributed by atoms with Crippen LogP contribution in [0.3, 0.4) is 0 Å². The van der Waals surface area contributed by atoms with Gasteiger partial charge in [-0.15, -0.1) is 11.3 Å². The molecule has 0 aliphatic carbocycles. The number of rotatable bonds is 8. The van der Waals surface area contributed by atoms with Crippen molar-refractivity contribution in [1.29, 1.82) is 0 Å². The molecule has 0 aromatic carbocycles. The summed E-state index contributed by atoms with van der Waals surface area (Å²) in [5.74, 6) is 0. The maximum Gasteiger partial charge on any atom is 0.0480 e. The molecular formula is C12H20BrNOS. The molecule has 0 saturated heterocycles. The Kier molecular flexibility index (Phi) is 7.28.